The number of hydrogen-bond acceptors (Lipinski definition) is 2. The number of H-pyrrole nitrogens is 1. The fourth-order valence-corrected chi connectivity index (χ4v) is 2.53. The first-order valence-corrected chi connectivity index (χ1v) is 7.48. The molecule has 0 aliphatic rings. The van der Waals surface area contributed by atoms with Crippen molar-refractivity contribution in [2.24, 2.45) is 11.7 Å². The van der Waals surface area contributed by atoms with E-state index in [2.05, 4.69) is 66.3 Å². The molecular formula is C18H21N3. The quantitative estimate of drug-likeness (QED) is 0.749. The van der Waals surface area contributed by atoms with Crippen molar-refractivity contribution in [1.82, 2.24) is 9.97 Å². The van der Waals surface area contributed by atoms with Crippen LogP contribution in [0.25, 0.3) is 22.0 Å². The first-order chi connectivity index (χ1) is 10.2. The summed E-state index contributed by atoms with van der Waals surface area (Å²) in [7, 11) is 0. The average Bonchev–Trinajstić information content (AvgIpc) is 3.02. The van der Waals surface area contributed by atoms with Gasteiger partial charge in [0.05, 0.1) is 17.9 Å². The Morgan fingerprint density at radius 1 is 1.14 bits per heavy atom. The summed E-state index contributed by atoms with van der Waals surface area (Å²) >= 11 is 0. The van der Waals surface area contributed by atoms with E-state index in [-0.39, 0.29) is 6.04 Å². The van der Waals surface area contributed by atoms with Gasteiger partial charge in [-0.2, -0.15) is 0 Å². The predicted molar refractivity (Wildman–Crippen MR) is 87.9 cm³/mol. The third-order valence-electron chi connectivity index (χ3n) is 4.23. The van der Waals surface area contributed by atoms with Crippen molar-refractivity contribution in [3.05, 3.63) is 54.5 Å². The summed E-state index contributed by atoms with van der Waals surface area (Å²) in [6.07, 6.45) is 2.93. The van der Waals surface area contributed by atoms with Gasteiger partial charge in [-0.25, -0.2) is 4.98 Å². The number of nitrogens with zero attached hydrogens (tertiary/aromatic N) is 1. The number of imidazole rings is 1. The van der Waals surface area contributed by atoms with Gasteiger partial charge in [-0.15, -0.1) is 0 Å². The first kappa shape index (κ1) is 13.8. The average molecular weight is 279 g/mol. The molecule has 0 saturated heterocycles. The van der Waals surface area contributed by atoms with Gasteiger partial charge in [0.25, 0.3) is 0 Å². The minimum absolute atomic E-state index is 0.0378. The molecule has 0 bridgehead atoms. The number of nitrogens with two attached hydrogens (primary N) is 1. The molecule has 1 aromatic heterocycles. The number of benzene rings is 2. The van der Waals surface area contributed by atoms with Crippen LogP contribution in [0, 0.1) is 5.92 Å². The molecule has 0 aliphatic carbocycles. The SMILES string of the molecule is CCC(C)C(N)c1ncc(-c2ccc3ccccc3c2)[nH]1. The third kappa shape index (κ3) is 2.69. The van der Waals surface area contributed by atoms with Crippen molar-refractivity contribution in [2.75, 3.05) is 0 Å². The van der Waals surface area contributed by atoms with Crippen LogP contribution in [-0.4, -0.2) is 9.97 Å². The van der Waals surface area contributed by atoms with Crippen molar-refractivity contribution < 1.29 is 0 Å². The molecule has 0 radical (unpaired) electrons. The molecule has 3 rings (SSSR count). The van der Waals surface area contributed by atoms with Crippen LogP contribution in [0.15, 0.2) is 48.7 Å². The van der Waals surface area contributed by atoms with Crippen molar-refractivity contribution in [2.45, 2.75) is 26.3 Å². The molecule has 3 aromatic rings. The molecule has 3 nitrogen and oxygen atoms in total. The lowest BCUT2D eigenvalue weighted by molar-refractivity contribution is 0.441. The Kier molecular flexibility index (Phi) is 3.76. The minimum Gasteiger partial charge on any atom is -0.341 e. The van der Waals surface area contributed by atoms with E-state index in [0.717, 1.165) is 23.5 Å². The lowest BCUT2D eigenvalue weighted by atomic mass is 10.00. The molecule has 2 aromatic carbocycles. The molecule has 108 valence electrons. The molecule has 0 aliphatic heterocycles. The van der Waals surface area contributed by atoms with Crippen LogP contribution in [0.2, 0.25) is 0 Å². The zero-order valence-corrected chi connectivity index (χ0v) is 12.5. The second-order valence-corrected chi connectivity index (χ2v) is 5.66. The number of fused-ring (bicyclic) bond motifs is 1. The fraction of sp³-hybridized carbons (Fsp3) is 0.278. The number of aromatic nitrogens is 2. The van der Waals surface area contributed by atoms with E-state index in [4.69, 9.17) is 5.73 Å². The van der Waals surface area contributed by atoms with Crippen LogP contribution in [0.4, 0.5) is 0 Å². The van der Waals surface area contributed by atoms with Gasteiger partial charge in [-0.3, -0.25) is 0 Å². The summed E-state index contributed by atoms with van der Waals surface area (Å²) in [6.45, 7) is 4.31. The zero-order valence-electron chi connectivity index (χ0n) is 12.5. The van der Waals surface area contributed by atoms with E-state index in [0.29, 0.717) is 5.92 Å². The Morgan fingerprint density at radius 2 is 1.90 bits per heavy atom. The highest BCUT2D eigenvalue weighted by molar-refractivity contribution is 5.86. The molecule has 2 unspecified atom stereocenters. The monoisotopic (exact) mass is 279 g/mol. The van der Waals surface area contributed by atoms with Gasteiger partial charge >= 0.3 is 0 Å². The van der Waals surface area contributed by atoms with Crippen LogP contribution >= 0.6 is 0 Å². The largest absolute Gasteiger partial charge is 0.341 e. The summed E-state index contributed by atoms with van der Waals surface area (Å²) in [6, 6.07) is 14.8. The molecule has 0 fully saturated rings. The number of hydrogen-bond donors (Lipinski definition) is 2. The summed E-state index contributed by atoms with van der Waals surface area (Å²) < 4.78 is 0. The van der Waals surface area contributed by atoms with Gasteiger partial charge < -0.3 is 10.7 Å². The van der Waals surface area contributed by atoms with Crippen molar-refractivity contribution in [3.63, 3.8) is 0 Å². The van der Waals surface area contributed by atoms with Gasteiger partial charge in [0.1, 0.15) is 5.82 Å². The minimum atomic E-state index is -0.0378. The maximum atomic E-state index is 6.24. The van der Waals surface area contributed by atoms with Gasteiger partial charge in [0, 0.05) is 5.56 Å². The van der Waals surface area contributed by atoms with Crippen LogP contribution in [0.3, 0.4) is 0 Å². The van der Waals surface area contributed by atoms with Crippen LogP contribution in [0.5, 0.6) is 0 Å². The lowest BCUT2D eigenvalue weighted by Gasteiger charge is -2.15. The van der Waals surface area contributed by atoms with Crippen molar-refractivity contribution >= 4 is 10.8 Å². The molecule has 2 atom stereocenters. The topological polar surface area (TPSA) is 54.7 Å². The van der Waals surface area contributed by atoms with Crippen LogP contribution in [0.1, 0.15) is 32.1 Å². The molecule has 3 N–H and O–H groups in total. The Balaban J connectivity index is 1.94. The second-order valence-electron chi connectivity index (χ2n) is 5.66. The van der Waals surface area contributed by atoms with Crippen LogP contribution < -0.4 is 5.73 Å². The Labute approximate surface area is 125 Å². The fourth-order valence-electron chi connectivity index (χ4n) is 2.53. The van der Waals surface area contributed by atoms with E-state index in [1.54, 1.807) is 0 Å². The van der Waals surface area contributed by atoms with E-state index >= 15 is 0 Å². The maximum absolute atomic E-state index is 6.24. The summed E-state index contributed by atoms with van der Waals surface area (Å²) in [5.41, 5.74) is 8.40. The lowest BCUT2D eigenvalue weighted by Crippen LogP contribution is -2.19. The molecular weight excluding hydrogens is 258 g/mol. The molecule has 1 heterocycles. The van der Waals surface area contributed by atoms with Crippen LogP contribution in [-0.2, 0) is 0 Å². The summed E-state index contributed by atoms with van der Waals surface area (Å²) in [5.74, 6) is 1.29. The summed E-state index contributed by atoms with van der Waals surface area (Å²) in [5, 5.41) is 2.48. The Bertz CT molecular complexity index is 745. The predicted octanol–water partition coefficient (Wildman–Crippen LogP) is 4.28. The van der Waals surface area contributed by atoms with E-state index < -0.39 is 0 Å². The highest BCUT2D eigenvalue weighted by Gasteiger charge is 2.16. The second kappa shape index (κ2) is 5.70. The highest BCUT2D eigenvalue weighted by Crippen LogP contribution is 2.25. The van der Waals surface area contributed by atoms with Gasteiger partial charge in [-0.1, -0.05) is 56.7 Å². The van der Waals surface area contributed by atoms with E-state index in [1.165, 1.54) is 10.8 Å². The molecule has 0 saturated carbocycles. The van der Waals surface area contributed by atoms with E-state index in [1.807, 2.05) is 6.20 Å². The maximum Gasteiger partial charge on any atom is 0.123 e. The van der Waals surface area contributed by atoms with Crippen molar-refractivity contribution in [1.29, 1.82) is 0 Å². The summed E-state index contributed by atoms with van der Waals surface area (Å²) in [4.78, 5) is 7.83. The van der Waals surface area contributed by atoms with Crippen molar-refractivity contribution in [3.8, 4) is 11.3 Å². The van der Waals surface area contributed by atoms with E-state index in [9.17, 15) is 0 Å². The molecule has 0 spiro atoms. The Hall–Kier alpha value is -2.13. The number of nitrogens with one attached hydrogen (secondary N) is 1. The van der Waals surface area contributed by atoms with Gasteiger partial charge in [0.2, 0.25) is 0 Å². The molecule has 21 heavy (non-hydrogen) atoms. The first-order valence-electron chi connectivity index (χ1n) is 7.48. The zero-order chi connectivity index (χ0) is 14.8. The smallest absolute Gasteiger partial charge is 0.123 e. The molecule has 0 amide bonds. The molecule has 3 heteroatoms. The Morgan fingerprint density at radius 3 is 2.67 bits per heavy atom. The third-order valence-corrected chi connectivity index (χ3v) is 4.23. The van der Waals surface area contributed by atoms with Gasteiger partial charge in [0.15, 0.2) is 0 Å². The number of aromatic amines is 1. The number of rotatable bonds is 4. The normalized spacial score (nSPS) is 14.2. The highest BCUT2D eigenvalue weighted by atomic mass is 15.0. The van der Waals surface area contributed by atoms with Gasteiger partial charge in [-0.05, 0) is 22.8 Å². The standard InChI is InChI=1S/C18H21N3/c1-3-12(2)17(19)18-20-11-16(21-18)15-9-8-13-6-4-5-7-14(13)10-15/h4-12,17H,3,19H2,1-2H3,(H,20,21).